The molecule has 1 fully saturated rings. The van der Waals surface area contributed by atoms with Crippen molar-refractivity contribution < 1.29 is 18.7 Å². The number of ether oxygens (including phenoxy) is 2. The molecule has 0 aromatic heterocycles. The first-order valence-electron chi connectivity index (χ1n) is 10.0. The molecule has 1 N–H and O–H groups in total. The number of benzene rings is 3. The van der Waals surface area contributed by atoms with Crippen molar-refractivity contribution in [3.05, 3.63) is 93.1 Å². The molecule has 3 aromatic carbocycles. The van der Waals surface area contributed by atoms with Crippen molar-refractivity contribution >= 4 is 46.2 Å². The molecule has 0 bridgehead atoms. The van der Waals surface area contributed by atoms with Gasteiger partial charge in [0.05, 0.1) is 22.7 Å². The predicted molar refractivity (Wildman–Crippen MR) is 131 cm³/mol. The van der Waals surface area contributed by atoms with E-state index in [4.69, 9.17) is 21.1 Å². The van der Waals surface area contributed by atoms with Gasteiger partial charge in [-0.25, -0.2) is 9.38 Å². The van der Waals surface area contributed by atoms with Crippen molar-refractivity contribution in [2.24, 2.45) is 4.99 Å². The highest BCUT2D eigenvalue weighted by molar-refractivity contribution is 8.18. The molecule has 1 aliphatic heterocycles. The molecule has 168 valence electrons. The first-order valence-corrected chi connectivity index (χ1v) is 11.2. The Morgan fingerprint density at radius 2 is 1.85 bits per heavy atom. The summed E-state index contributed by atoms with van der Waals surface area (Å²) in [5.74, 6) is 0.245. The normalized spacial score (nSPS) is 15.7. The summed E-state index contributed by atoms with van der Waals surface area (Å²) in [6.07, 6.45) is 1.72. The molecule has 1 heterocycles. The first-order chi connectivity index (χ1) is 15.9. The number of carbonyl (C=O) groups excluding carboxylic acids is 1. The molecule has 0 atom stereocenters. The summed E-state index contributed by atoms with van der Waals surface area (Å²) in [6, 6.07) is 17.2. The zero-order valence-corrected chi connectivity index (χ0v) is 19.5. The quantitative estimate of drug-likeness (QED) is 0.421. The van der Waals surface area contributed by atoms with Crippen molar-refractivity contribution in [3.63, 3.8) is 0 Å². The van der Waals surface area contributed by atoms with E-state index in [1.807, 2.05) is 31.2 Å². The van der Waals surface area contributed by atoms with E-state index in [9.17, 15) is 9.18 Å². The molecule has 1 amide bonds. The average molecular weight is 483 g/mol. The van der Waals surface area contributed by atoms with E-state index in [1.165, 1.54) is 31.0 Å². The van der Waals surface area contributed by atoms with Crippen molar-refractivity contribution in [1.82, 2.24) is 5.32 Å². The van der Waals surface area contributed by atoms with Crippen LogP contribution in [0.1, 0.15) is 16.7 Å². The fraction of sp³-hybridized carbons (Fsp3) is 0.120. The summed E-state index contributed by atoms with van der Waals surface area (Å²) in [5, 5.41) is 3.61. The number of halogens is 2. The Morgan fingerprint density at radius 3 is 2.55 bits per heavy atom. The highest BCUT2D eigenvalue weighted by Gasteiger charge is 2.24. The van der Waals surface area contributed by atoms with Crippen LogP contribution in [0.15, 0.2) is 70.6 Å². The minimum absolute atomic E-state index is 0.202. The monoisotopic (exact) mass is 482 g/mol. The molecule has 8 heteroatoms. The van der Waals surface area contributed by atoms with Crippen LogP contribution in [0.5, 0.6) is 11.5 Å². The Hall–Kier alpha value is -3.29. The zero-order chi connectivity index (χ0) is 23.4. The van der Waals surface area contributed by atoms with Crippen LogP contribution >= 0.6 is 23.4 Å². The van der Waals surface area contributed by atoms with Crippen molar-refractivity contribution in [1.29, 1.82) is 0 Å². The Kier molecular flexibility index (Phi) is 7.01. The highest BCUT2D eigenvalue weighted by atomic mass is 35.5. The van der Waals surface area contributed by atoms with E-state index in [0.29, 0.717) is 32.2 Å². The second kappa shape index (κ2) is 10.1. The van der Waals surface area contributed by atoms with Crippen LogP contribution in [0.25, 0.3) is 6.08 Å². The number of aliphatic imine (C=N–C) groups is 1. The number of nitrogens with one attached hydrogen (secondary N) is 1. The lowest BCUT2D eigenvalue weighted by Crippen LogP contribution is -2.19. The van der Waals surface area contributed by atoms with Gasteiger partial charge < -0.3 is 14.8 Å². The van der Waals surface area contributed by atoms with Gasteiger partial charge in [0.1, 0.15) is 12.4 Å². The lowest BCUT2D eigenvalue weighted by Gasteiger charge is -2.13. The minimum atomic E-state index is -0.312. The number of rotatable bonds is 6. The lowest BCUT2D eigenvalue weighted by atomic mass is 10.1. The van der Waals surface area contributed by atoms with Crippen molar-refractivity contribution in [2.75, 3.05) is 7.11 Å². The fourth-order valence-corrected chi connectivity index (χ4v) is 4.18. The maximum atomic E-state index is 13.1. The Morgan fingerprint density at radius 1 is 1.12 bits per heavy atom. The molecule has 0 saturated carbocycles. The molecule has 5 nitrogen and oxygen atoms in total. The second-order valence-corrected chi connectivity index (χ2v) is 8.70. The first kappa shape index (κ1) is 22.9. The predicted octanol–water partition coefficient (Wildman–Crippen LogP) is 6.27. The number of amides is 1. The molecule has 1 aliphatic rings. The van der Waals surface area contributed by atoms with Gasteiger partial charge in [0.25, 0.3) is 5.91 Å². The van der Waals surface area contributed by atoms with Crippen LogP contribution < -0.4 is 14.8 Å². The van der Waals surface area contributed by atoms with Crippen molar-refractivity contribution in [2.45, 2.75) is 13.5 Å². The molecule has 0 unspecified atom stereocenters. The van der Waals surface area contributed by atoms with Crippen LogP contribution in [0.2, 0.25) is 5.02 Å². The van der Waals surface area contributed by atoms with Gasteiger partial charge in [-0.1, -0.05) is 41.4 Å². The van der Waals surface area contributed by atoms with Crippen molar-refractivity contribution in [3.8, 4) is 11.5 Å². The van der Waals surface area contributed by atoms with E-state index in [1.54, 1.807) is 30.3 Å². The Bertz CT molecular complexity index is 1240. The molecule has 0 aliphatic carbocycles. The maximum Gasteiger partial charge on any atom is 0.264 e. The van der Waals surface area contributed by atoms with Crippen LogP contribution in [0.3, 0.4) is 0 Å². The van der Waals surface area contributed by atoms with Crippen LogP contribution in [0.4, 0.5) is 10.1 Å². The lowest BCUT2D eigenvalue weighted by molar-refractivity contribution is -0.115. The average Bonchev–Trinajstić information content (AvgIpc) is 3.13. The summed E-state index contributed by atoms with van der Waals surface area (Å²) in [5.41, 5.74) is 3.37. The van der Waals surface area contributed by atoms with E-state index in [0.717, 1.165) is 16.8 Å². The van der Waals surface area contributed by atoms with Gasteiger partial charge in [0.2, 0.25) is 0 Å². The number of methoxy groups -OCH3 is 1. The standard InChI is InChI=1S/C25H20ClFN2O3S/c1-15-3-9-19(10-4-15)28-25-29-24(30)22(33-25)13-17-11-20(26)23(21(12-17)31-2)32-14-16-5-7-18(27)8-6-16/h3-13H,14H2,1-2H3,(H,28,29,30)/b22-13+. The van der Waals surface area contributed by atoms with Gasteiger partial charge in [-0.2, -0.15) is 0 Å². The molecular weight excluding hydrogens is 463 g/mol. The number of aryl methyl sites for hydroxylation is 1. The number of thioether (sulfide) groups is 1. The highest BCUT2D eigenvalue weighted by Crippen LogP contribution is 2.38. The van der Waals surface area contributed by atoms with Gasteiger partial charge in [-0.15, -0.1) is 0 Å². The van der Waals surface area contributed by atoms with Gasteiger partial charge in [-0.05, 0) is 72.3 Å². The Labute approximate surface area is 200 Å². The summed E-state index contributed by atoms with van der Waals surface area (Å²) >= 11 is 7.70. The van der Waals surface area contributed by atoms with Crippen LogP contribution in [-0.2, 0) is 11.4 Å². The number of hydrogen-bond donors (Lipinski definition) is 1. The number of nitrogens with zero attached hydrogens (tertiary/aromatic N) is 1. The van der Waals surface area contributed by atoms with E-state index in [-0.39, 0.29) is 18.3 Å². The zero-order valence-electron chi connectivity index (χ0n) is 17.9. The topological polar surface area (TPSA) is 59.9 Å². The number of carbonyl (C=O) groups is 1. The summed E-state index contributed by atoms with van der Waals surface area (Å²) in [7, 11) is 1.51. The maximum absolute atomic E-state index is 13.1. The van der Waals surface area contributed by atoms with Gasteiger partial charge >= 0.3 is 0 Å². The molecular formula is C25H20ClFN2O3S. The van der Waals surface area contributed by atoms with Gasteiger partial charge in [-0.3, -0.25) is 4.79 Å². The summed E-state index contributed by atoms with van der Waals surface area (Å²) < 4.78 is 24.4. The fourth-order valence-electron chi connectivity index (χ4n) is 3.07. The van der Waals surface area contributed by atoms with Gasteiger partial charge in [0.15, 0.2) is 16.7 Å². The molecule has 3 aromatic rings. The van der Waals surface area contributed by atoms with E-state index >= 15 is 0 Å². The number of amidine groups is 1. The Balaban J connectivity index is 1.52. The third-order valence-electron chi connectivity index (χ3n) is 4.76. The SMILES string of the molecule is COc1cc(/C=C2/SC(=Nc3ccc(C)cc3)NC2=O)cc(Cl)c1OCc1ccc(F)cc1. The van der Waals surface area contributed by atoms with E-state index < -0.39 is 0 Å². The summed E-state index contributed by atoms with van der Waals surface area (Å²) in [4.78, 5) is 17.4. The number of hydrogen-bond acceptors (Lipinski definition) is 5. The van der Waals surface area contributed by atoms with E-state index in [2.05, 4.69) is 10.3 Å². The second-order valence-electron chi connectivity index (χ2n) is 7.27. The molecule has 0 spiro atoms. The third-order valence-corrected chi connectivity index (χ3v) is 5.95. The van der Waals surface area contributed by atoms with Crippen LogP contribution in [-0.4, -0.2) is 18.2 Å². The summed E-state index contributed by atoms with van der Waals surface area (Å²) in [6.45, 7) is 2.20. The van der Waals surface area contributed by atoms with Crippen LogP contribution in [0, 0.1) is 12.7 Å². The molecule has 0 radical (unpaired) electrons. The molecule has 1 saturated heterocycles. The smallest absolute Gasteiger partial charge is 0.264 e. The largest absolute Gasteiger partial charge is 0.493 e. The molecule has 33 heavy (non-hydrogen) atoms. The van der Waals surface area contributed by atoms with Gasteiger partial charge in [0, 0.05) is 0 Å². The minimum Gasteiger partial charge on any atom is -0.493 e. The third kappa shape index (κ3) is 5.74. The molecule has 4 rings (SSSR count).